The molecule has 3 aromatic rings. The number of methoxy groups -OCH3 is 2. The van der Waals surface area contributed by atoms with Gasteiger partial charge in [-0.3, -0.25) is 0 Å². The van der Waals surface area contributed by atoms with E-state index in [1.165, 1.54) is 0 Å². The molecule has 0 amide bonds. The number of nitrogens with zero attached hydrogens (tertiary/aromatic N) is 1. The molecule has 5 heteroatoms. The van der Waals surface area contributed by atoms with Crippen LogP contribution in [0.1, 0.15) is 18.5 Å². The summed E-state index contributed by atoms with van der Waals surface area (Å²) in [6, 6.07) is 24.1. The lowest BCUT2D eigenvalue weighted by atomic mass is 10.1. The van der Waals surface area contributed by atoms with Crippen molar-refractivity contribution in [3.8, 4) is 11.5 Å². The lowest BCUT2D eigenvalue weighted by Crippen LogP contribution is -2.05. The molecule has 0 bridgehead atoms. The van der Waals surface area contributed by atoms with Gasteiger partial charge in [0.25, 0.3) is 0 Å². The van der Waals surface area contributed by atoms with E-state index in [1.807, 2.05) is 85.8 Å². The van der Waals surface area contributed by atoms with E-state index in [0.717, 1.165) is 17.1 Å². The van der Waals surface area contributed by atoms with E-state index >= 15 is 0 Å². The lowest BCUT2D eigenvalue weighted by molar-refractivity contribution is 0.414. The number of rotatable bonds is 6. The van der Waals surface area contributed by atoms with E-state index in [2.05, 4.69) is 0 Å². The Morgan fingerprint density at radius 1 is 0.741 bits per heavy atom. The van der Waals surface area contributed by atoms with Crippen LogP contribution >= 0.6 is 0 Å². The maximum Gasteiger partial charge on any atom is 0.118 e. The minimum Gasteiger partial charge on any atom is -0.497 e. The minimum absolute atomic E-state index is 0.245. The molecule has 140 valence electrons. The molecular formula is C22H23NO3S. The molecule has 3 rings (SSSR count). The molecule has 0 aliphatic heterocycles. The van der Waals surface area contributed by atoms with Gasteiger partial charge in [-0.1, -0.05) is 30.3 Å². The zero-order valence-electron chi connectivity index (χ0n) is 15.7. The molecule has 2 unspecified atom stereocenters. The van der Waals surface area contributed by atoms with Crippen molar-refractivity contribution in [1.29, 1.82) is 0 Å². The van der Waals surface area contributed by atoms with Crippen LogP contribution in [0.3, 0.4) is 0 Å². The molecule has 0 fully saturated rings. The third-order valence-corrected chi connectivity index (χ3v) is 6.78. The molecule has 0 aliphatic rings. The fraction of sp³-hybridized carbons (Fsp3) is 0.182. The highest BCUT2D eigenvalue weighted by Gasteiger charge is 2.18. The largest absolute Gasteiger partial charge is 0.497 e. The van der Waals surface area contributed by atoms with Gasteiger partial charge in [-0.25, -0.2) is 8.57 Å². The maximum atomic E-state index is 14.1. The van der Waals surface area contributed by atoms with Gasteiger partial charge >= 0.3 is 0 Å². The molecule has 0 saturated heterocycles. The average Bonchev–Trinajstić information content (AvgIpc) is 2.74. The van der Waals surface area contributed by atoms with Crippen LogP contribution in [-0.2, 0) is 9.73 Å². The normalized spacial score (nSPS) is 14.0. The standard InChI is InChI=1S/C22H23NO3S/c1-17(18-9-11-19(25-2)12-10-18)23-27(24,21-7-5-4-6-8-21)22-15-13-20(26-3)14-16-22/h4-17H,1-3H3. The Balaban J connectivity index is 2.10. The molecule has 0 saturated carbocycles. The Hall–Kier alpha value is -2.79. The number of benzene rings is 3. The molecule has 2 atom stereocenters. The first kappa shape index (κ1) is 19.0. The fourth-order valence-electron chi connectivity index (χ4n) is 2.79. The maximum absolute atomic E-state index is 14.1. The molecule has 3 aromatic carbocycles. The van der Waals surface area contributed by atoms with E-state index in [-0.39, 0.29) is 6.04 Å². The van der Waals surface area contributed by atoms with E-state index in [9.17, 15) is 4.21 Å². The van der Waals surface area contributed by atoms with Crippen LogP contribution in [-0.4, -0.2) is 18.4 Å². The minimum atomic E-state index is -2.80. The SMILES string of the molecule is COc1ccc(C(C)N=S(=O)(c2ccccc2)c2ccc(OC)cc2)cc1. The van der Waals surface area contributed by atoms with E-state index < -0.39 is 9.73 Å². The first-order valence-electron chi connectivity index (χ1n) is 8.66. The van der Waals surface area contributed by atoms with Crippen molar-refractivity contribution >= 4 is 9.73 Å². The molecule has 0 spiro atoms. The predicted molar refractivity (Wildman–Crippen MR) is 108 cm³/mol. The highest BCUT2D eigenvalue weighted by atomic mass is 32.2. The molecular weight excluding hydrogens is 358 g/mol. The summed E-state index contributed by atoms with van der Waals surface area (Å²) >= 11 is 0. The summed E-state index contributed by atoms with van der Waals surface area (Å²) in [6.07, 6.45) is 0. The average molecular weight is 381 g/mol. The van der Waals surface area contributed by atoms with Gasteiger partial charge in [0.15, 0.2) is 0 Å². The van der Waals surface area contributed by atoms with Gasteiger partial charge in [0.1, 0.15) is 21.2 Å². The monoisotopic (exact) mass is 381 g/mol. The number of ether oxygens (including phenoxy) is 2. The number of hydrogen-bond acceptors (Lipinski definition) is 4. The smallest absolute Gasteiger partial charge is 0.118 e. The van der Waals surface area contributed by atoms with Gasteiger partial charge in [0.05, 0.1) is 30.1 Å². The highest BCUT2D eigenvalue weighted by Crippen LogP contribution is 2.30. The van der Waals surface area contributed by atoms with Crippen LogP contribution in [0.2, 0.25) is 0 Å². The second kappa shape index (κ2) is 8.27. The quantitative estimate of drug-likeness (QED) is 0.578. The Kier molecular flexibility index (Phi) is 5.81. The van der Waals surface area contributed by atoms with E-state index in [1.54, 1.807) is 14.2 Å². The summed E-state index contributed by atoms with van der Waals surface area (Å²) in [4.78, 5) is 1.35. The molecule has 0 aromatic heterocycles. The van der Waals surface area contributed by atoms with Crippen LogP contribution in [0.25, 0.3) is 0 Å². The van der Waals surface area contributed by atoms with Gasteiger partial charge in [-0.05, 0) is 61.0 Å². The van der Waals surface area contributed by atoms with Crippen LogP contribution in [0.5, 0.6) is 11.5 Å². The summed E-state index contributed by atoms with van der Waals surface area (Å²) in [6.45, 7) is 1.95. The molecule has 0 radical (unpaired) electrons. The topological polar surface area (TPSA) is 47.9 Å². The first-order valence-corrected chi connectivity index (χ1v) is 10.2. The molecule has 0 N–H and O–H groups in total. The van der Waals surface area contributed by atoms with Crippen molar-refractivity contribution in [1.82, 2.24) is 0 Å². The Labute approximate surface area is 161 Å². The molecule has 0 aliphatic carbocycles. The fourth-order valence-corrected chi connectivity index (χ4v) is 4.90. The van der Waals surface area contributed by atoms with Crippen molar-refractivity contribution in [2.45, 2.75) is 22.8 Å². The Morgan fingerprint density at radius 3 is 1.74 bits per heavy atom. The van der Waals surface area contributed by atoms with E-state index in [4.69, 9.17) is 13.8 Å². The van der Waals surface area contributed by atoms with Gasteiger partial charge in [-0.15, -0.1) is 0 Å². The zero-order chi connectivity index (χ0) is 19.3. The summed E-state index contributed by atoms with van der Waals surface area (Å²) in [5, 5.41) is 0. The van der Waals surface area contributed by atoms with Crippen molar-refractivity contribution < 1.29 is 13.7 Å². The van der Waals surface area contributed by atoms with Crippen molar-refractivity contribution in [2.24, 2.45) is 4.36 Å². The van der Waals surface area contributed by atoms with Gasteiger partial charge in [-0.2, -0.15) is 0 Å². The Morgan fingerprint density at radius 2 is 1.22 bits per heavy atom. The third kappa shape index (κ3) is 4.14. The van der Waals surface area contributed by atoms with Gasteiger partial charge < -0.3 is 9.47 Å². The van der Waals surface area contributed by atoms with Crippen LogP contribution in [0.4, 0.5) is 0 Å². The summed E-state index contributed by atoms with van der Waals surface area (Å²) < 4.78 is 29.3. The summed E-state index contributed by atoms with van der Waals surface area (Å²) in [7, 11) is 0.448. The first-order chi connectivity index (χ1) is 13.1. The van der Waals surface area contributed by atoms with Crippen molar-refractivity contribution in [3.63, 3.8) is 0 Å². The van der Waals surface area contributed by atoms with Gasteiger partial charge in [0.2, 0.25) is 0 Å². The van der Waals surface area contributed by atoms with Gasteiger partial charge in [0, 0.05) is 0 Å². The third-order valence-electron chi connectivity index (χ3n) is 4.35. The second-order valence-corrected chi connectivity index (χ2v) is 8.27. The van der Waals surface area contributed by atoms with Crippen LogP contribution in [0.15, 0.2) is 93.0 Å². The van der Waals surface area contributed by atoms with Crippen molar-refractivity contribution in [3.05, 3.63) is 84.4 Å². The molecule has 4 nitrogen and oxygen atoms in total. The Bertz CT molecular complexity index is 990. The predicted octanol–water partition coefficient (Wildman–Crippen LogP) is 5.35. The molecule has 27 heavy (non-hydrogen) atoms. The zero-order valence-corrected chi connectivity index (χ0v) is 16.5. The van der Waals surface area contributed by atoms with Crippen molar-refractivity contribution in [2.75, 3.05) is 14.2 Å². The van der Waals surface area contributed by atoms with Crippen LogP contribution in [0, 0.1) is 0 Å². The molecule has 0 heterocycles. The summed E-state index contributed by atoms with van der Waals surface area (Å²) in [5.41, 5.74) is 0.980. The number of hydrogen-bond donors (Lipinski definition) is 0. The lowest BCUT2D eigenvalue weighted by Gasteiger charge is -2.15. The summed E-state index contributed by atoms with van der Waals surface area (Å²) in [5.74, 6) is 1.50. The van der Waals surface area contributed by atoms with E-state index in [0.29, 0.717) is 9.79 Å². The van der Waals surface area contributed by atoms with Crippen LogP contribution < -0.4 is 9.47 Å². The second-order valence-electron chi connectivity index (χ2n) is 6.07. The highest BCUT2D eigenvalue weighted by molar-refractivity contribution is 7.93.